The Morgan fingerprint density at radius 1 is 0.800 bits per heavy atom. The van der Waals surface area contributed by atoms with Gasteiger partial charge in [-0.25, -0.2) is 9.59 Å². The smallest absolute Gasteiger partial charge is 0.338 e. The number of hydrogen-bond acceptors (Lipinski definition) is 5. The maximum atomic E-state index is 11.8. The first-order valence-electron chi connectivity index (χ1n) is 8.24. The average Bonchev–Trinajstić information content (AvgIpc) is 2.63. The highest BCUT2D eigenvalue weighted by Gasteiger charge is 2.08. The molecule has 0 heterocycles. The van der Waals surface area contributed by atoms with Gasteiger partial charge in [0.2, 0.25) is 0 Å². The SMILES string of the molecule is CCOC(=O)c1cccc(CSCc2cccc(C(=O)OCC)c2)c1. The van der Waals surface area contributed by atoms with Crippen molar-refractivity contribution in [2.75, 3.05) is 13.2 Å². The van der Waals surface area contributed by atoms with Crippen molar-refractivity contribution in [3.8, 4) is 0 Å². The highest BCUT2D eigenvalue weighted by atomic mass is 32.2. The Labute approximate surface area is 152 Å². The van der Waals surface area contributed by atoms with Crippen LogP contribution in [0.3, 0.4) is 0 Å². The molecule has 0 radical (unpaired) electrons. The predicted molar refractivity (Wildman–Crippen MR) is 99.8 cm³/mol. The molecule has 0 amide bonds. The van der Waals surface area contributed by atoms with Crippen molar-refractivity contribution in [2.45, 2.75) is 25.4 Å². The fraction of sp³-hybridized carbons (Fsp3) is 0.300. The van der Waals surface area contributed by atoms with Gasteiger partial charge in [0.1, 0.15) is 0 Å². The van der Waals surface area contributed by atoms with Crippen LogP contribution >= 0.6 is 11.8 Å². The first-order chi connectivity index (χ1) is 12.1. The molecule has 2 aromatic rings. The van der Waals surface area contributed by atoms with Crippen LogP contribution in [0.2, 0.25) is 0 Å². The first-order valence-corrected chi connectivity index (χ1v) is 9.39. The lowest BCUT2D eigenvalue weighted by Crippen LogP contribution is -2.05. The average molecular weight is 358 g/mol. The zero-order valence-electron chi connectivity index (χ0n) is 14.5. The van der Waals surface area contributed by atoms with Crippen molar-refractivity contribution in [1.29, 1.82) is 0 Å². The molecule has 0 aliphatic rings. The van der Waals surface area contributed by atoms with Crippen LogP contribution in [0, 0.1) is 0 Å². The Kier molecular flexibility index (Phi) is 7.54. The Morgan fingerprint density at radius 3 is 1.64 bits per heavy atom. The van der Waals surface area contributed by atoms with E-state index in [4.69, 9.17) is 9.47 Å². The number of hydrogen-bond donors (Lipinski definition) is 0. The van der Waals surface area contributed by atoms with Crippen LogP contribution in [0.25, 0.3) is 0 Å². The second-order valence-corrected chi connectivity index (χ2v) is 6.32. The van der Waals surface area contributed by atoms with Gasteiger partial charge in [0.05, 0.1) is 24.3 Å². The van der Waals surface area contributed by atoms with Crippen LogP contribution in [0.4, 0.5) is 0 Å². The molecule has 4 nitrogen and oxygen atoms in total. The normalized spacial score (nSPS) is 10.3. The van der Waals surface area contributed by atoms with E-state index in [1.165, 1.54) is 0 Å². The molecule has 0 aliphatic carbocycles. The first kappa shape index (κ1) is 19.1. The largest absolute Gasteiger partial charge is 0.462 e. The number of carbonyl (C=O) groups is 2. The van der Waals surface area contributed by atoms with E-state index in [2.05, 4.69) is 0 Å². The molecule has 0 unspecified atom stereocenters. The molecule has 0 aliphatic heterocycles. The summed E-state index contributed by atoms with van der Waals surface area (Å²) in [6.07, 6.45) is 0. The van der Waals surface area contributed by atoms with Crippen LogP contribution in [0.5, 0.6) is 0 Å². The second kappa shape index (κ2) is 9.89. The number of thioether (sulfide) groups is 1. The van der Waals surface area contributed by atoms with E-state index in [9.17, 15) is 9.59 Å². The number of carbonyl (C=O) groups excluding carboxylic acids is 2. The highest BCUT2D eigenvalue weighted by molar-refractivity contribution is 7.97. The molecule has 0 saturated heterocycles. The van der Waals surface area contributed by atoms with Crippen molar-refractivity contribution < 1.29 is 19.1 Å². The van der Waals surface area contributed by atoms with Crippen LogP contribution in [0.15, 0.2) is 48.5 Å². The van der Waals surface area contributed by atoms with Crippen LogP contribution < -0.4 is 0 Å². The van der Waals surface area contributed by atoms with Gasteiger partial charge in [-0.1, -0.05) is 24.3 Å². The van der Waals surface area contributed by atoms with E-state index in [0.717, 1.165) is 22.6 Å². The van der Waals surface area contributed by atoms with Gasteiger partial charge in [-0.15, -0.1) is 0 Å². The molecule has 0 fully saturated rings. The number of esters is 2. The number of rotatable bonds is 8. The molecule has 2 rings (SSSR count). The van der Waals surface area contributed by atoms with Gasteiger partial charge in [0.25, 0.3) is 0 Å². The highest BCUT2D eigenvalue weighted by Crippen LogP contribution is 2.20. The maximum Gasteiger partial charge on any atom is 0.338 e. The minimum Gasteiger partial charge on any atom is -0.462 e. The van der Waals surface area contributed by atoms with Crippen LogP contribution in [-0.2, 0) is 21.0 Å². The zero-order chi connectivity index (χ0) is 18.1. The topological polar surface area (TPSA) is 52.6 Å². The molecule has 0 atom stereocenters. The number of ether oxygens (including phenoxy) is 2. The monoisotopic (exact) mass is 358 g/mol. The van der Waals surface area contributed by atoms with E-state index >= 15 is 0 Å². The van der Waals surface area contributed by atoms with E-state index in [1.54, 1.807) is 37.7 Å². The van der Waals surface area contributed by atoms with Gasteiger partial charge < -0.3 is 9.47 Å². The van der Waals surface area contributed by atoms with E-state index in [1.807, 2.05) is 36.4 Å². The minimum atomic E-state index is -0.295. The summed E-state index contributed by atoms with van der Waals surface area (Å²) in [5.74, 6) is 0.960. The summed E-state index contributed by atoms with van der Waals surface area (Å²) in [5.41, 5.74) is 3.28. The minimum absolute atomic E-state index is 0.295. The van der Waals surface area contributed by atoms with Crippen molar-refractivity contribution in [3.05, 3.63) is 70.8 Å². The molecule has 0 aromatic heterocycles. The summed E-state index contributed by atoms with van der Waals surface area (Å²) in [6.45, 7) is 4.33. The van der Waals surface area contributed by atoms with Gasteiger partial charge in [-0.3, -0.25) is 0 Å². The summed E-state index contributed by atoms with van der Waals surface area (Å²) in [6, 6.07) is 15.0. The third-order valence-corrected chi connectivity index (χ3v) is 4.49. The summed E-state index contributed by atoms with van der Waals surface area (Å²) in [5, 5.41) is 0. The molecule has 0 bridgehead atoms. The molecule has 0 spiro atoms. The molecule has 132 valence electrons. The zero-order valence-corrected chi connectivity index (χ0v) is 15.3. The molecule has 0 N–H and O–H groups in total. The third kappa shape index (κ3) is 5.94. The standard InChI is InChI=1S/C20H22O4S/c1-3-23-19(21)17-9-5-7-15(11-17)13-25-14-16-8-6-10-18(12-16)20(22)24-4-2/h5-12H,3-4,13-14H2,1-2H3. The third-order valence-electron chi connectivity index (χ3n) is 3.41. The summed E-state index contributed by atoms with van der Waals surface area (Å²) < 4.78 is 10.0. The van der Waals surface area contributed by atoms with Crippen LogP contribution in [0.1, 0.15) is 45.7 Å². The summed E-state index contributed by atoms with van der Waals surface area (Å²) in [4.78, 5) is 23.5. The quantitative estimate of drug-likeness (QED) is 0.652. The maximum absolute atomic E-state index is 11.8. The van der Waals surface area contributed by atoms with Crippen molar-refractivity contribution in [1.82, 2.24) is 0 Å². The molecule has 5 heteroatoms. The van der Waals surface area contributed by atoms with Crippen molar-refractivity contribution >= 4 is 23.7 Å². The lowest BCUT2D eigenvalue weighted by atomic mass is 10.1. The molecule has 25 heavy (non-hydrogen) atoms. The second-order valence-electron chi connectivity index (χ2n) is 5.33. The Hall–Kier alpha value is -2.27. The summed E-state index contributed by atoms with van der Waals surface area (Å²) in [7, 11) is 0. The Bertz CT molecular complexity index is 666. The number of benzene rings is 2. The lowest BCUT2D eigenvalue weighted by molar-refractivity contribution is 0.0516. The summed E-state index contributed by atoms with van der Waals surface area (Å²) >= 11 is 1.72. The lowest BCUT2D eigenvalue weighted by Gasteiger charge is -2.07. The molecule has 2 aromatic carbocycles. The van der Waals surface area contributed by atoms with Gasteiger partial charge in [-0.05, 0) is 49.2 Å². The van der Waals surface area contributed by atoms with Gasteiger partial charge >= 0.3 is 11.9 Å². The predicted octanol–water partition coefficient (Wildman–Crippen LogP) is 4.47. The van der Waals surface area contributed by atoms with Crippen molar-refractivity contribution in [2.24, 2.45) is 0 Å². The van der Waals surface area contributed by atoms with Gasteiger partial charge in [0.15, 0.2) is 0 Å². The fourth-order valence-corrected chi connectivity index (χ4v) is 3.22. The van der Waals surface area contributed by atoms with Gasteiger partial charge in [0, 0.05) is 11.5 Å². The Morgan fingerprint density at radius 2 is 1.24 bits per heavy atom. The Balaban J connectivity index is 1.92. The van der Waals surface area contributed by atoms with Gasteiger partial charge in [-0.2, -0.15) is 11.8 Å². The van der Waals surface area contributed by atoms with E-state index < -0.39 is 0 Å². The fourth-order valence-electron chi connectivity index (χ4n) is 2.29. The van der Waals surface area contributed by atoms with Crippen molar-refractivity contribution in [3.63, 3.8) is 0 Å². The van der Waals surface area contributed by atoms with E-state index in [-0.39, 0.29) is 11.9 Å². The molecule has 0 saturated carbocycles. The molecular weight excluding hydrogens is 336 g/mol. The van der Waals surface area contributed by atoms with E-state index in [0.29, 0.717) is 24.3 Å². The van der Waals surface area contributed by atoms with Crippen LogP contribution in [-0.4, -0.2) is 25.2 Å². The molecular formula is C20H22O4S.